The molecule has 0 fully saturated rings. The molecule has 0 heterocycles. The predicted molar refractivity (Wildman–Crippen MR) is 29.1 cm³/mol. The number of hydrogen-bond donors (Lipinski definition) is 0. The smallest absolute Gasteiger partial charge is 0.293 e. The van der Waals surface area contributed by atoms with Gasteiger partial charge in [0.25, 0.3) is 0 Å². The molecule has 0 aliphatic heterocycles. The number of allylic oxidation sites excluding steroid dienone is 3. The van der Waals surface area contributed by atoms with Gasteiger partial charge in [-0.2, -0.15) is 0 Å². The van der Waals surface area contributed by atoms with Crippen LogP contribution in [0.1, 0.15) is 0 Å². The van der Waals surface area contributed by atoms with E-state index < -0.39 is 0 Å². The molecule has 0 aromatic heterocycles. The van der Waals surface area contributed by atoms with Crippen LogP contribution >= 0.6 is 0 Å². The van der Waals surface area contributed by atoms with Gasteiger partial charge in [0, 0.05) is 0 Å². The zero-order valence-corrected chi connectivity index (χ0v) is 5.93. The van der Waals surface area contributed by atoms with Crippen LogP contribution in [0.5, 0.6) is 0 Å². The minimum absolute atomic E-state index is 0. The molecule has 0 N–H and O–H groups in total. The first-order valence-electron chi connectivity index (χ1n) is 1.41. The Morgan fingerprint density at radius 1 is 1.50 bits per heavy atom. The summed E-state index contributed by atoms with van der Waals surface area (Å²) in [6.45, 7) is 8.27. The van der Waals surface area contributed by atoms with E-state index in [4.69, 9.17) is 6.58 Å². The second-order valence-electron chi connectivity index (χ2n) is 0.621. The van der Waals surface area contributed by atoms with E-state index in [1.54, 1.807) is 12.2 Å². The third-order valence-corrected chi connectivity index (χ3v) is 0.247. The molecular formula is C5H6Ca. The van der Waals surface area contributed by atoms with Gasteiger partial charge in [0.2, 0.25) is 0 Å². The first kappa shape index (κ1) is 9.79. The van der Waals surface area contributed by atoms with E-state index >= 15 is 0 Å². The Balaban J connectivity index is 0. The van der Waals surface area contributed by atoms with Crippen LogP contribution in [0.2, 0.25) is 0 Å². The molecular weight excluding hydrogens is 100 g/mol. The van der Waals surface area contributed by atoms with Crippen molar-refractivity contribution in [3.05, 3.63) is 31.7 Å². The fourth-order valence-corrected chi connectivity index (χ4v) is 0.0786. The van der Waals surface area contributed by atoms with Crippen LogP contribution < -0.4 is 0 Å². The number of hydrogen-bond acceptors (Lipinski definition) is 0. The van der Waals surface area contributed by atoms with Crippen LogP contribution in [0.15, 0.2) is 18.2 Å². The van der Waals surface area contributed by atoms with Gasteiger partial charge in [-0.1, -0.05) is 0 Å². The van der Waals surface area contributed by atoms with E-state index in [2.05, 4.69) is 6.92 Å². The zero-order valence-electron chi connectivity index (χ0n) is 3.72. The molecule has 0 aliphatic carbocycles. The molecule has 0 saturated carbocycles. The monoisotopic (exact) mass is 106 g/mol. The van der Waals surface area contributed by atoms with Crippen LogP contribution in [0.25, 0.3) is 0 Å². The summed E-state index contributed by atoms with van der Waals surface area (Å²) in [5.41, 5.74) is 0. The molecule has 0 bridgehead atoms. The van der Waals surface area contributed by atoms with Crippen molar-refractivity contribution in [3.63, 3.8) is 0 Å². The maximum absolute atomic E-state index is 4.89. The molecule has 1 heteroatoms. The molecule has 0 unspecified atom stereocenters. The van der Waals surface area contributed by atoms with Crippen molar-refractivity contribution < 1.29 is 0 Å². The van der Waals surface area contributed by atoms with E-state index in [9.17, 15) is 0 Å². The molecule has 0 radical (unpaired) electrons. The van der Waals surface area contributed by atoms with Gasteiger partial charge in [-0.15, -0.1) is 0 Å². The summed E-state index contributed by atoms with van der Waals surface area (Å²) in [6.07, 6.45) is 4.73. The van der Waals surface area contributed by atoms with Crippen molar-refractivity contribution in [3.8, 4) is 0 Å². The van der Waals surface area contributed by atoms with E-state index in [0.29, 0.717) is 0 Å². The first-order chi connectivity index (χ1) is 2.41. The standard InChI is InChI=1S/C5H6.Ca/c1-3-5-4-2;/h1,3-5H,2H2;/q-2;+2/b5-4-;. The molecule has 0 rings (SSSR count). The Morgan fingerprint density at radius 2 is 2.00 bits per heavy atom. The summed E-state index contributed by atoms with van der Waals surface area (Å²) in [5.74, 6) is 0. The summed E-state index contributed by atoms with van der Waals surface area (Å²) < 4.78 is 0. The summed E-state index contributed by atoms with van der Waals surface area (Å²) in [7, 11) is 0. The SMILES string of the molecule is [CH-]=C/C=C\[CH2-].[Ca+2]. The van der Waals surface area contributed by atoms with Gasteiger partial charge >= 0.3 is 37.7 Å². The van der Waals surface area contributed by atoms with Crippen molar-refractivity contribution in [1.82, 2.24) is 0 Å². The maximum atomic E-state index is 4.89. The van der Waals surface area contributed by atoms with Gasteiger partial charge in [-0.3, -0.25) is 6.58 Å². The average molecular weight is 106 g/mol. The largest absolute Gasteiger partial charge is 2.00 e. The Morgan fingerprint density at radius 3 is 2.00 bits per heavy atom. The second kappa shape index (κ2) is 9.15. The van der Waals surface area contributed by atoms with Gasteiger partial charge in [-0.25, -0.2) is 25.2 Å². The van der Waals surface area contributed by atoms with E-state index in [1.165, 1.54) is 6.08 Å². The van der Waals surface area contributed by atoms with Crippen LogP contribution in [-0.2, 0) is 0 Å². The topological polar surface area (TPSA) is 0 Å². The number of rotatable bonds is 1. The summed E-state index contributed by atoms with van der Waals surface area (Å²) >= 11 is 0. The molecule has 0 aliphatic rings. The Labute approximate surface area is 68.9 Å². The fourth-order valence-electron chi connectivity index (χ4n) is 0.0786. The summed E-state index contributed by atoms with van der Waals surface area (Å²) in [4.78, 5) is 0. The van der Waals surface area contributed by atoms with Gasteiger partial charge < -0.3 is 0 Å². The minimum Gasteiger partial charge on any atom is -0.293 e. The third kappa shape index (κ3) is 8.82. The Hall–Kier alpha value is 0.610. The Bertz CT molecular complexity index is 45.9. The van der Waals surface area contributed by atoms with E-state index in [-0.39, 0.29) is 37.7 Å². The van der Waals surface area contributed by atoms with E-state index in [0.717, 1.165) is 0 Å². The second-order valence-corrected chi connectivity index (χ2v) is 0.621. The average Bonchev–Trinajstić information content (AvgIpc) is 1.41. The van der Waals surface area contributed by atoms with Crippen molar-refractivity contribution in [1.29, 1.82) is 0 Å². The van der Waals surface area contributed by atoms with Gasteiger partial charge in [0.05, 0.1) is 0 Å². The van der Waals surface area contributed by atoms with Crippen LogP contribution in [0, 0.1) is 13.5 Å². The van der Waals surface area contributed by atoms with Crippen molar-refractivity contribution in [2.75, 3.05) is 0 Å². The molecule has 0 amide bonds. The van der Waals surface area contributed by atoms with Crippen molar-refractivity contribution in [2.45, 2.75) is 0 Å². The predicted octanol–water partition coefficient (Wildman–Crippen LogP) is 0.985. The maximum Gasteiger partial charge on any atom is 2.00 e. The molecule has 0 aromatic rings. The van der Waals surface area contributed by atoms with Crippen LogP contribution in [0.4, 0.5) is 0 Å². The third-order valence-electron chi connectivity index (χ3n) is 0.247. The molecule has 28 valence electrons. The fraction of sp³-hybridized carbons (Fsp3) is 0. The van der Waals surface area contributed by atoms with Crippen molar-refractivity contribution >= 4 is 37.7 Å². The van der Waals surface area contributed by atoms with E-state index in [1.807, 2.05) is 0 Å². The van der Waals surface area contributed by atoms with Crippen molar-refractivity contribution in [2.24, 2.45) is 0 Å². The van der Waals surface area contributed by atoms with Gasteiger partial charge in [0.1, 0.15) is 0 Å². The molecule has 0 nitrogen and oxygen atoms in total. The first-order valence-corrected chi connectivity index (χ1v) is 1.41. The van der Waals surface area contributed by atoms with Gasteiger partial charge in [-0.05, 0) is 0 Å². The van der Waals surface area contributed by atoms with Crippen LogP contribution in [0.3, 0.4) is 0 Å². The zero-order chi connectivity index (χ0) is 4.12. The van der Waals surface area contributed by atoms with Gasteiger partial charge in [0.15, 0.2) is 0 Å². The van der Waals surface area contributed by atoms with Crippen LogP contribution in [-0.4, -0.2) is 37.7 Å². The summed E-state index contributed by atoms with van der Waals surface area (Å²) in [6, 6.07) is 0. The summed E-state index contributed by atoms with van der Waals surface area (Å²) in [5, 5.41) is 0. The molecule has 6 heavy (non-hydrogen) atoms. The minimum atomic E-state index is 0. The normalized spacial score (nSPS) is 7.33. The molecule has 0 aromatic carbocycles. The Kier molecular flexibility index (Phi) is 14.9. The molecule has 0 saturated heterocycles. The molecule has 0 atom stereocenters. The quantitative estimate of drug-likeness (QED) is 0.265. The molecule has 0 spiro atoms.